The van der Waals surface area contributed by atoms with Gasteiger partial charge in [0.1, 0.15) is 4.83 Å². The zero-order valence-corrected chi connectivity index (χ0v) is 17.0. The van der Waals surface area contributed by atoms with Gasteiger partial charge in [0, 0.05) is 23.7 Å². The van der Waals surface area contributed by atoms with Crippen molar-refractivity contribution in [3.8, 4) is 5.69 Å². The van der Waals surface area contributed by atoms with Crippen molar-refractivity contribution >= 4 is 33.3 Å². The Labute approximate surface area is 161 Å². The number of thiophene rings is 1. The summed E-state index contributed by atoms with van der Waals surface area (Å²) in [6.07, 6.45) is 1.98. The molecule has 0 N–H and O–H groups in total. The lowest BCUT2D eigenvalue weighted by Gasteiger charge is -2.21. The molecule has 1 aliphatic rings. The number of hydrogen-bond donors (Lipinski definition) is 0. The lowest BCUT2D eigenvalue weighted by atomic mass is 10.1. The van der Waals surface area contributed by atoms with Crippen molar-refractivity contribution in [2.45, 2.75) is 38.4 Å². The Morgan fingerprint density at radius 1 is 1.27 bits per heavy atom. The zero-order chi connectivity index (χ0) is 18.3. The molecular formula is C20H23N3OS2. The average Bonchev–Trinajstić information content (AvgIpc) is 2.98. The monoisotopic (exact) mass is 385 g/mol. The van der Waals surface area contributed by atoms with Gasteiger partial charge in [-0.25, -0.2) is 4.98 Å². The summed E-state index contributed by atoms with van der Waals surface area (Å²) in [7, 11) is 2.13. The van der Waals surface area contributed by atoms with Crippen LogP contribution in [0.2, 0.25) is 0 Å². The van der Waals surface area contributed by atoms with Crippen LogP contribution in [0.1, 0.15) is 29.3 Å². The highest BCUT2D eigenvalue weighted by molar-refractivity contribution is 7.99. The largest absolute Gasteiger partial charge is 0.301 e. The summed E-state index contributed by atoms with van der Waals surface area (Å²) in [5, 5.41) is 1.64. The molecule has 6 heteroatoms. The molecule has 0 bridgehead atoms. The summed E-state index contributed by atoms with van der Waals surface area (Å²) in [5.41, 5.74) is 3.39. The van der Waals surface area contributed by atoms with Crippen molar-refractivity contribution in [3.05, 3.63) is 50.6 Å². The van der Waals surface area contributed by atoms with Crippen LogP contribution in [-0.4, -0.2) is 33.8 Å². The second kappa shape index (κ2) is 7.18. The SMILES string of the molecule is CCCSc1nc2sc3c(c2c(=O)n1-c1ccc(C)cc1)CCN(C)C3. The molecule has 0 saturated heterocycles. The lowest BCUT2D eigenvalue weighted by Crippen LogP contribution is -2.27. The van der Waals surface area contributed by atoms with Crippen molar-refractivity contribution in [2.24, 2.45) is 0 Å². The molecule has 0 saturated carbocycles. The number of hydrogen-bond acceptors (Lipinski definition) is 5. The predicted molar refractivity (Wildman–Crippen MR) is 111 cm³/mol. The van der Waals surface area contributed by atoms with Gasteiger partial charge < -0.3 is 4.90 Å². The average molecular weight is 386 g/mol. The highest BCUT2D eigenvalue weighted by atomic mass is 32.2. The van der Waals surface area contributed by atoms with Crippen LogP contribution in [0.3, 0.4) is 0 Å². The van der Waals surface area contributed by atoms with E-state index in [0.29, 0.717) is 0 Å². The number of thioether (sulfide) groups is 1. The maximum atomic E-state index is 13.5. The third-order valence-corrected chi connectivity index (χ3v) is 7.02. The van der Waals surface area contributed by atoms with E-state index in [9.17, 15) is 4.79 Å². The fraction of sp³-hybridized carbons (Fsp3) is 0.400. The molecule has 3 heterocycles. The molecule has 3 aromatic rings. The van der Waals surface area contributed by atoms with Crippen LogP contribution in [-0.2, 0) is 13.0 Å². The number of nitrogens with zero attached hydrogens (tertiary/aromatic N) is 3. The molecule has 0 amide bonds. The molecule has 0 spiro atoms. The summed E-state index contributed by atoms with van der Waals surface area (Å²) in [4.78, 5) is 22.9. The number of likely N-dealkylation sites (N-methyl/N-ethyl adjacent to an activating group) is 1. The summed E-state index contributed by atoms with van der Waals surface area (Å²) in [6.45, 7) is 6.12. The Bertz CT molecular complexity index is 1000. The van der Waals surface area contributed by atoms with Gasteiger partial charge in [-0.1, -0.05) is 36.4 Å². The smallest absolute Gasteiger partial charge is 0.267 e. The molecule has 0 atom stereocenters. The molecule has 4 nitrogen and oxygen atoms in total. The number of aromatic nitrogens is 2. The highest BCUT2D eigenvalue weighted by Gasteiger charge is 2.24. The minimum Gasteiger partial charge on any atom is -0.301 e. The van der Waals surface area contributed by atoms with Crippen molar-refractivity contribution in [1.29, 1.82) is 0 Å². The Morgan fingerprint density at radius 2 is 2.04 bits per heavy atom. The maximum Gasteiger partial charge on any atom is 0.267 e. The van der Waals surface area contributed by atoms with E-state index in [0.717, 1.165) is 52.7 Å². The zero-order valence-electron chi connectivity index (χ0n) is 15.4. The van der Waals surface area contributed by atoms with Gasteiger partial charge in [-0.15, -0.1) is 11.3 Å². The third-order valence-electron chi connectivity index (χ3n) is 4.76. The van der Waals surface area contributed by atoms with Gasteiger partial charge in [0.05, 0.1) is 11.1 Å². The number of fused-ring (bicyclic) bond motifs is 3. The summed E-state index contributed by atoms with van der Waals surface area (Å²) >= 11 is 3.36. The summed E-state index contributed by atoms with van der Waals surface area (Å²) < 4.78 is 1.81. The van der Waals surface area contributed by atoms with Crippen LogP contribution in [0.5, 0.6) is 0 Å². The van der Waals surface area contributed by atoms with Gasteiger partial charge in [-0.2, -0.15) is 0 Å². The fourth-order valence-corrected chi connectivity index (χ4v) is 5.57. The van der Waals surface area contributed by atoms with E-state index in [1.54, 1.807) is 23.1 Å². The van der Waals surface area contributed by atoms with Gasteiger partial charge in [-0.3, -0.25) is 9.36 Å². The van der Waals surface area contributed by atoms with Crippen molar-refractivity contribution in [3.63, 3.8) is 0 Å². The second-order valence-electron chi connectivity index (χ2n) is 6.89. The summed E-state index contributed by atoms with van der Waals surface area (Å²) in [6, 6.07) is 8.15. The molecule has 0 radical (unpaired) electrons. The van der Waals surface area contributed by atoms with Crippen LogP contribution in [0.15, 0.2) is 34.2 Å². The van der Waals surface area contributed by atoms with Crippen LogP contribution in [0.25, 0.3) is 15.9 Å². The molecule has 4 rings (SSSR count). The minimum absolute atomic E-state index is 0.0829. The minimum atomic E-state index is 0.0829. The van der Waals surface area contributed by atoms with Gasteiger partial charge in [0.15, 0.2) is 5.16 Å². The standard InChI is InChI=1S/C20H23N3OS2/c1-4-11-25-20-21-18-17(15-9-10-22(3)12-16(15)26-18)19(24)23(20)14-7-5-13(2)6-8-14/h5-8H,4,9-12H2,1-3H3. The van der Waals surface area contributed by atoms with E-state index < -0.39 is 0 Å². The normalized spacial score (nSPS) is 14.7. The van der Waals surface area contributed by atoms with Crippen molar-refractivity contribution < 1.29 is 0 Å². The van der Waals surface area contributed by atoms with Crippen molar-refractivity contribution in [2.75, 3.05) is 19.3 Å². The Hall–Kier alpha value is -1.63. The van der Waals surface area contributed by atoms with E-state index in [-0.39, 0.29) is 5.56 Å². The molecule has 1 aliphatic heterocycles. The summed E-state index contributed by atoms with van der Waals surface area (Å²) in [5.74, 6) is 0.956. The Balaban J connectivity index is 1.96. The Kier molecular flexibility index (Phi) is 4.90. The first-order chi connectivity index (χ1) is 12.6. The van der Waals surface area contributed by atoms with E-state index >= 15 is 0 Å². The van der Waals surface area contributed by atoms with Gasteiger partial charge in [0.25, 0.3) is 5.56 Å². The molecule has 0 aliphatic carbocycles. The first kappa shape index (κ1) is 17.8. The quantitative estimate of drug-likeness (QED) is 0.497. The van der Waals surface area contributed by atoms with Gasteiger partial charge >= 0.3 is 0 Å². The number of aryl methyl sites for hydroxylation is 1. The number of rotatable bonds is 4. The highest BCUT2D eigenvalue weighted by Crippen LogP contribution is 2.34. The topological polar surface area (TPSA) is 38.1 Å². The first-order valence-corrected chi connectivity index (χ1v) is 10.8. The van der Waals surface area contributed by atoms with Crippen LogP contribution in [0.4, 0.5) is 0 Å². The van der Waals surface area contributed by atoms with E-state index in [1.165, 1.54) is 16.0 Å². The van der Waals surface area contributed by atoms with E-state index in [1.807, 2.05) is 16.7 Å². The molecule has 1 aromatic carbocycles. The van der Waals surface area contributed by atoms with Gasteiger partial charge in [0.2, 0.25) is 0 Å². The van der Waals surface area contributed by atoms with Crippen LogP contribution < -0.4 is 5.56 Å². The molecule has 0 unspecified atom stereocenters. The Morgan fingerprint density at radius 3 is 2.77 bits per heavy atom. The predicted octanol–water partition coefficient (Wildman–Crippen LogP) is 4.25. The lowest BCUT2D eigenvalue weighted by molar-refractivity contribution is 0.318. The molecule has 0 fully saturated rings. The maximum absolute atomic E-state index is 13.5. The molecular weight excluding hydrogens is 362 g/mol. The first-order valence-electron chi connectivity index (χ1n) is 9.04. The number of benzene rings is 1. The third kappa shape index (κ3) is 3.10. The second-order valence-corrected chi connectivity index (χ2v) is 9.04. The fourth-order valence-electron chi connectivity index (χ4n) is 3.36. The molecule has 2 aromatic heterocycles. The molecule has 136 valence electrons. The van der Waals surface area contributed by atoms with E-state index in [2.05, 4.69) is 37.9 Å². The molecule has 26 heavy (non-hydrogen) atoms. The van der Waals surface area contributed by atoms with Crippen molar-refractivity contribution in [1.82, 2.24) is 14.5 Å². The van der Waals surface area contributed by atoms with E-state index in [4.69, 9.17) is 4.98 Å². The van der Waals surface area contributed by atoms with Crippen LogP contribution >= 0.6 is 23.1 Å². The van der Waals surface area contributed by atoms with Gasteiger partial charge in [-0.05, 0) is 44.5 Å². The van der Waals surface area contributed by atoms with Crippen LogP contribution in [0, 0.1) is 6.92 Å².